The summed E-state index contributed by atoms with van der Waals surface area (Å²) in [4.78, 5) is 24.0. The molecule has 3 aromatic rings. The first-order valence-corrected chi connectivity index (χ1v) is 12.2. The van der Waals surface area contributed by atoms with E-state index in [1.165, 1.54) is 11.3 Å². The number of aromatic nitrogens is 1. The lowest BCUT2D eigenvalue weighted by Gasteiger charge is -2.29. The summed E-state index contributed by atoms with van der Waals surface area (Å²) in [6.07, 6.45) is 2.04. The van der Waals surface area contributed by atoms with Gasteiger partial charge in [0.1, 0.15) is 0 Å². The van der Waals surface area contributed by atoms with E-state index in [-0.39, 0.29) is 5.91 Å². The van der Waals surface area contributed by atoms with Crippen molar-refractivity contribution in [3.05, 3.63) is 39.5 Å². The SMILES string of the molecule is CSc1cccc2sc(N(CCN3CCOCC3)C(=O)c3ccc(Cl)s3)nc12. The second-order valence-electron chi connectivity index (χ2n) is 6.32. The van der Waals surface area contributed by atoms with Crippen molar-refractivity contribution in [3.8, 4) is 0 Å². The van der Waals surface area contributed by atoms with Gasteiger partial charge in [0, 0.05) is 31.1 Å². The monoisotopic (exact) mass is 453 g/mol. The minimum Gasteiger partial charge on any atom is -0.379 e. The Labute approximate surface area is 181 Å². The molecule has 4 rings (SSSR count). The van der Waals surface area contributed by atoms with Gasteiger partial charge in [0.15, 0.2) is 5.13 Å². The number of morpholine rings is 1. The summed E-state index contributed by atoms with van der Waals surface area (Å²) in [6.45, 7) is 4.65. The van der Waals surface area contributed by atoms with Crippen molar-refractivity contribution < 1.29 is 9.53 Å². The van der Waals surface area contributed by atoms with Crippen LogP contribution in [0.3, 0.4) is 0 Å². The third kappa shape index (κ3) is 4.37. The number of ether oxygens (including phenoxy) is 1. The van der Waals surface area contributed by atoms with Crippen molar-refractivity contribution in [2.75, 3.05) is 50.5 Å². The fourth-order valence-electron chi connectivity index (χ4n) is 3.10. The highest BCUT2D eigenvalue weighted by atomic mass is 35.5. The number of para-hydroxylation sites is 1. The molecule has 1 aromatic carbocycles. The quantitative estimate of drug-likeness (QED) is 0.505. The summed E-state index contributed by atoms with van der Waals surface area (Å²) in [6, 6.07) is 9.72. The van der Waals surface area contributed by atoms with Crippen LogP contribution in [-0.2, 0) is 4.74 Å². The summed E-state index contributed by atoms with van der Waals surface area (Å²) in [7, 11) is 0. The zero-order valence-corrected chi connectivity index (χ0v) is 18.6. The molecule has 1 aliphatic heterocycles. The minimum absolute atomic E-state index is 0.0464. The van der Waals surface area contributed by atoms with Gasteiger partial charge in [-0.1, -0.05) is 29.0 Å². The minimum atomic E-state index is -0.0464. The van der Waals surface area contributed by atoms with Gasteiger partial charge in [-0.2, -0.15) is 0 Å². The maximum absolute atomic E-state index is 13.3. The number of thioether (sulfide) groups is 1. The Kier molecular flexibility index (Phi) is 6.55. The van der Waals surface area contributed by atoms with E-state index in [0.29, 0.717) is 15.8 Å². The normalized spacial score (nSPS) is 15.2. The second-order valence-corrected chi connectivity index (χ2v) is 9.89. The molecule has 2 aromatic heterocycles. The molecular formula is C19H20ClN3O2S3. The summed E-state index contributed by atoms with van der Waals surface area (Å²) in [5, 5.41) is 0.735. The number of rotatable bonds is 6. The van der Waals surface area contributed by atoms with Crippen LogP contribution < -0.4 is 4.90 Å². The average molecular weight is 454 g/mol. The van der Waals surface area contributed by atoms with Crippen LogP contribution in [0.2, 0.25) is 4.34 Å². The molecule has 0 atom stereocenters. The van der Waals surface area contributed by atoms with E-state index in [0.717, 1.165) is 53.1 Å². The molecule has 1 amide bonds. The predicted octanol–water partition coefficient (Wildman–Crippen LogP) is 4.71. The number of hydrogen-bond acceptors (Lipinski definition) is 7. The number of benzene rings is 1. The molecular weight excluding hydrogens is 434 g/mol. The molecule has 0 saturated carbocycles. The number of carbonyl (C=O) groups excluding carboxylic acids is 1. The number of anilines is 1. The Bertz CT molecular complexity index is 968. The molecule has 0 unspecified atom stereocenters. The largest absolute Gasteiger partial charge is 0.379 e. The molecule has 148 valence electrons. The Morgan fingerprint density at radius 1 is 1.29 bits per heavy atom. The van der Waals surface area contributed by atoms with Gasteiger partial charge in [0.05, 0.1) is 32.6 Å². The van der Waals surface area contributed by atoms with Crippen molar-refractivity contribution in [1.82, 2.24) is 9.88 Å². The van der Waals surface area contributed by atoms with Gasteiger partial charge in [0.2, 0.25) is 0 Å². The Morgan fingerprint density at radius 3 is 2.82 bits per heavy atom. The smallest absolute Gasteiger partial charge is 0.270 e. The number of halogens is 1. The Hall–Kier alpha value is -1.16. The third-order valence-corrected chi connectivity index (χ3v) is 7.63. The van der Waals surface area contributed by atoms with Crippen molar-refractivity contribution in [2.24, 2.45) is 0 Å². The van der Waals surface area contributed by atoms with Gasteiger partial charge in [-0.3, -0.25) is 14.6 Å². The van der Waals surface area contributed by atoms with E-state index in [9.17, 15) is 4.79 Å². The van der Waals surface area contributed by atoms with Gasteiger partial charge < -0.3 is 4.74 Å². The first kappa shape index (κ1) is 20.1. The lowest BCUT2D eigenvalue weighted by molar-refractivity contribution is 0.0391. The number of thiophene rings is 1. The van der Waals surface area contributed by atoms with Crippen molar-refractivity contribution in [1.29, 1.82) is 0 Å². The topological polar surface area (TPSA) is 45.7 Å². The predicted molar refractivity (Wildman–Crippen MR) is 120 cm³/mol. The number of thiazole rings is 1. The van der Waals surface area contributed by atoms with Gasteiger partial charge in [-0.05, 0) is 30.5 Å². The first-order chi connectivity index (χ1) is 13.7. The maximum atomic E-state index is 13.3. The van der Waals surface area contributed by atoms with Crippen molar-refractivity contribution in [3.63, 3.8) is 0 Å². The lowest BCUT2D eigenvalue weighted by Crippen LogP contribution is -2.43. The molecule has 0 aliphatic carbocycles. The van der Waals surface area contributed by atoms with Crippen LogP contribution in [0.25, 0.3) is 10.2 Å². The average Bonchev–Trinajstić information content (AvgIpc) is 3.34. The van der Waals surface area contributed by atoms with Crippen LogP contribution in [0.1, 0.15) is 9.67 Å². The van der Waals surface area contributed by atoms with Crippen LogP contribution in [0.15, 0.2) is 35.2 Å². The van der Waals surface area contributed by atoms with E-state index in [4.69, 9.17) is 21.3 Å². The van der Waals surface area contributed by atoms with Crippen molar-refractivity contribution in [2.45, 2.75) is 4.90 Å². The molecule has 0 bridgehead atoms. The number of hydrogen-bond donors (Lipinski definition) is 0. The van der Waals surface area contributed by atoms with Crippen molar-refractivity contribution >= 4 is 67.3 Å². The molecule has 5 nitrogen and oxygen atoms in total. The van der Waals surface area contributed by atoms with Gasteiger partial charge in [-0.25, -0.2) is 4.98 Å². The molecule has 1 aliphatic rings. The number of fused-ring (bicyclic) bond motifs is 1. The van der Waals surface area contributed by atoms with Crippen LogP contribution in [-0.4, -0.2) is 61.4 Å². The Morgan fingerprint density at radius 2 is 2.11 bits per heavy atom. The van der Waals surface area contributed by atoms with Crippen LogP contribution >= 0.6 is 46.0 Å². The van der Waals surface area contributed by atoms with E-state index < -0.39 is 0 Å². The zero-order valence-electron chi connectivity index (χ0n) is 15.4. The second kappa shape index (κ2) is 9.11. The number of carbonyl (C=O) groups is 1. The standard InChI is InChI=1S/C19H20ClN3O2S3/c1-26-13-3-2-4-14-17(13)21-19(28-14)23(8-7-22-9-11-25-12-10-22)18(24)15-5-6-16(20)27-15/h2-6H,7-12H2,1H3. The number of amides is 1. The molecule has 1 saturated heterocycles. The highest BCUT2D eigenvalue weighted by Crippen LogP contribution is 2.35. The summed E-state index contributed by atoms with van der Waals surface area (Å²) < 4.78 is 7.14. The highest BCUT2D eigenvalue weighted by molar-refractivity contribution is 7.98. The molecule has 3 heterocycles. The van der Waals surface area contributed by atoms with Gasteiger partial charge in [-0.15, -0.1) is 23.1 Å². The zero-order chi connectivity index (χ0) is 19.5. The molecule has 0 N–H and O–H groups in total. The van der Waals surface area contributed by atoms with Gasteiger partial charge in [0.25, 0.3) is 5.91 Å². The summed E-state index contributed by atoms with van der Waals surface area (Å²) >= 11 is 10.6. The van der Waals surface area contributed by atoms with Gasteiger partial charge >= 0.3 is 0 Å². The van der Waals surface area contributed by atoms with E-state index in [1.807, 2.05) is 12.3 Å². The first-order valence-electron chi connectivity index (χ1n) is 8.96. The van der Waals surface area contributed by atoms with E-state index in [1.54, 1.807) is 40.1 Å². The fraction of sp³-hybridized carbons (Fsp3) is 0.368. The van der Waals surface area contributed by atoms with Crippen LogP contribution in [0.5, 0.6) is 0 Å². The lowest BCUT2D eigenvalue weighted by atomic mass is 10.3. The molecule has 0 radical (unpaired) electrons. The molecule has 0 spiro atoms. The van der Waals surface area contributed by atoms with Crippen LogP contribution in [0.4, 0.5) is 5.13 Å². The van der Waals surface area contributed by atoms with E-state index in [2.05, 4.69) is 17.0 Å². The Balaban J connectivity index is 1.64. The summed E-state index contributed by atoms with van der Waals surface area (Å²) in [5.41, 5.74) is 0.961. The maximum Gasteiger partial charge on any atom is 0.270 e. The van der Waals surface area contributed by atoms with Crippen LogP contribution in [0, 0.1) is 0 Å². The van der Waals surface area contributed by atoms with E-state index >= 15 is 0 Å². The molecule has 1 fully saturated rings. The highest BCUT2D eigenvalue weighted by Gasteiger charge is 2.24. The number of nitrogens with zero attached hydrogens (tertiary/aromatic N) is 3. The fourth-order valence-corrected chi connectivity index (χ4v) is 5.74. The molecule has 9 heteroatoms. The molecule has 28 heavy (non-hydrogen) atoms. The third-order valence-electron chi connectivity index (χ3n) is 4.59. The summed E-state index contributed by atoms with van der Waals surface area (Å²) in [5.74, 6) is -0.0464.